The fourth-order valence-electron chi connectivity index (χ4n) is 4.18. The summed E-state index contributed by atoms with van der Waals surface area (Å²) in [5, 5.41) is 2.37. The molecular weight excluding hydrogens is 268 g/mol. The van der Waals surface area contributed by atoms with Gasteiger partial charge in [0.1, 0.15) is 0 Å². The molecule has 2 aliphatic carbocycles. The number of hydrogen-bond acceptors (Lipinski definition) is 2. The van der Waals surface area contributed by atoms with Crippen molar-refractivity contribution in [3.63, 3.8) is 0 Å². The Labute approximate surface area is 119 Å². The Morgan fingerprint density at radius 2 is 1.95 bits per heavy atom. The summed E-state index contributed by atoms with van der Waals surface area (Å²) in [7, 11) is -3.01. The minimum atomic E-state index is -3.01. The third-order valence-electron chi connectivity index (χ3n) is 5.01. The highest BCUT2D eigenvalue weighted by Crippen LogP contribution is 2.46. The maximum atomic E-state index is 12.2. The van der Waals surface area contributed by atoms with Gasteiger partial charge in [-0.05, 0) is 53.1 Å². The molecule has 2 unspecified atom stereocenters. The van der Waals surface area contributed by atoms with E-state index in [1.54, 1.807) is 0 Å². The second-order valence-electron chi connectivity index (χ2n) is 6.22. The quantitative estimate of drug-likeness (QED) is 0.806. The Hall–Kier alpha value is -1.35. The minimum Gasteiger partial charge on any atom is -0.229 e. The van der Waals surface area contributed by atoms with E-state index in [4.69, 9.17) is 0 Å². The van der Waals surface area contributed by atoms with Crippen molar-refractivity contribution in [2.45, 2.75) is 36.9 Å². The van der Waals surface area contributed by atoms with Crippen molar-refractivity contribution in [1.82, 2.24) is 0 Å². The van der Waals surface area contributed by atoms with E-state index in [1.807, 2.05) is 6.07 Å². The van der Waals surface area contributed by atoms with Crippen molar-refractivity contribution < 1.29 is 8.42 Å². The summed E-state index contributed by atoms with van der Waals surface area (Å²) in [5.41, 5.74) is 3.92. The van der Waals surface area contributed by atoms with E-state index in [9.17, 15) is 8.42 Å². The normalized spacial score (nSPS) is 24.9. The molecular formula is C17H18O2S. The molecule has 0 heterocycles. The average molecular weight is 286 g/mol. The summed E-state index contributed by atoms with van der Waals surface area (Å²) >= 11 is 0. The van der Waals surface area contributed by atoms with Crippen LogP contribution in [0.5, 0.6) is 0 Å². The van der Waals surface area contributed by atoms with Crippen LogP contribution in [0.2, 0.25) is 0 Å². The molecule has 2 aromatic carbocycles. The first-order valence-corrected chi connectivity index (χ1v) is 9.23. The predicted molar refractivity (Wildman–Crippen MR) is 82.0 cm³/mol. The molecule has 0 bridgehead atoms. The van der Waals surface area contributed by atoms with Crippen molar-refractivity contribution in [3.05, 3.63) is 47.0 Å². The summed E-state index contributed by atoms with van der Waals surface area (Å²) in [4.78, 5) is 0. The van der Waals surface area contributed by atoms with Gasteiger partial charge in [-0.25, -0.2) is 8.42 Å². The highest BCUT2D eigenvalue weighted by molar-refractivity contribution is 7.91. The molecule has 2 atom stereocenters. The Morgan fingerprint density at radius 3 is 2.75 bits per heavy atom. The molecule has 0 saturated carbocycles. The van der Waals surface area contributed by atoms with Gasteiger partial charge >= 0.3 is 0 Å². The molecule has 3 heteroatoms. The van der Waals surface area contributed by atoms with Gasteiger partial charge in [0.2, 0.25) is 0 Å². The van der Waals surface area contributed by atoms with Gasteiger partial charge in [0.15, 0.2) is 9.84 Å². The smallest absolute Gasteiger partial charge is 0.151 e. The van der Waals surface area contributed by atoms with Gasteiger partial charge in [-0.2, -0.15) is 0 Å². The molecule has 0 saturated heterocycles. The second kappa shape index (κ2) is 4.08. The van der Waals surface area contributed by atoms with Gasteiger partial charge in [0.25, 0.3) is 0 Å². The second-order valence-corrected chi connectivity index (χ2v) is 8.49. The first-order chi connectivity index (χ1) is 9.55. The maximum absolute atomic E-state index is 12.2. The van der Waals surface area contributed by atoms with E-state index < -0.39 is 9.84 Å². The van der Waals surface area contributed by atoms with Gasteiger partial charge in [-0.3, -0.25) is 0 Å². The highest BCUT2D eigenvalue weighted by Gasteiger charge is 2.39. The summed E-state index contributed by atoms with van der Waals surface area (Å²) in [6.07, 6.45) is 5.29. The SMILES string of the molecule is CS(=O)(=O)C1Cc2cccc3ccc4c(c23)C1CCC4. The first kappa shape index (κ1) is 12.4. The lowest BCUT2D eigenvalue weighted by Gasteiger charge is -2.37. The van der Waals surface area contributed by atoms with Crippen LogP contribution in [0, 0.1) is 0 Å². The van der Waals surface area contributed by atoms with Crippen LogP contribution in [0.25, 0.3) is 10.8 Å². The standard InChI is InChI=1S/C17H18O2S/c1-20(18,19)15-10-13-6-2-4-11-8-9-12-5-3-7-14(15)17(12)16(11)13/h2,4,6,8-9,14-15H,3,5,7,10H2,1H3. The largest absolute Gasteiger partial charge is 0.229 e. The van der Waals surface area contributed by atoms with E-state index in [-0.39, 0.29) is 11.2 Å². The van der Waals surface area contributed by atoms with Crippen molar-refractivity contribution in [2.75, 3.05) is 6.26 Å². The number of hydrogen-bond donors (Lipinski definition) is 0. The van der Waals surface area contributed by atoms with Gasteiger partial charge in [0.05, 0.1) is 5.25 Å². The summed E-state index contributed by atoms with van der Waals surface area (Å²) in [6.45, 7) is 0. The maximum Gasteiger partial charge on any atom is 0.151 e. The van der Waals surface area contributed by atoms with E-state index in [1.165, 1.54) is 33.7 Å². The van der Waals surface area contributed by atoms with E-state index >= 15 is 0 Å². The number of sulfone groups is 1. The molecule has 104 valence electrons. The van der Waals surface area contributed by atoms with Crippen molar-refractivity contribution >= 4 is 20.6 Å². The molecule has 4 rings (SSSR count). The molecule has 20 heavy (non-hydrogen) atoms. The van der Waals surface area contributed by atoms with Crippen LogP contribution >= 0.6 is 0 Å². The Bertz CT molecular complexity index is 805. The van der Waals surface area contributed by atoms with Crippen molar-refractivity contribution in [2.24, 2.45) is 0 Å². The Kier molecular flexibility index (Phi) is 2.53. The number of aryl methyl sites for hydroxylation is 1. The van der Waals surface area contributed by atoms with Crippen LogP contribution in [0.4, 0.5) is 0 Å². The van der Waals surface area contributed by atoms with Gasteiger partial charge < -0.3 is 0 Å². The molecule has 0 radical (unpaired) electrons. The molecule has 0 spiro atoms. The van der Waals surface area contributed by atoms with Crippen LogP contribution in [-0.4, -0.2) is 19.9 Å². The average Bonchev–Trinajstić information content (AvgIpc) is 2.43. The lowest BCUT2D eigenvalue weighted by atomic mass is 9.72. The molecule has 0 fully saturated rings. The van der Waals surface area contributed by atoms with Crippen LogP contribution in [-0.2, 0) is 22.7 Å². The van der Waals surface area contributed by atoms with Crippen molar-refractivity contribution in [1.29, 1.82) is 0 Å². The van der Waals surface area contributed by atoms with E-state index in [0.717, 1.165) is 19.3 Å². The number of benzene rings is 2. The molecule has 2 aromatic rings. The summed E-state index contributed by atoms with van der Waals surface area (Å²) < 4.78 is 24.4. The van der Waals surface area contributed by atoms with Crippen molar-refractivity contribution in [3.8, 4) is 0 Å². The minimum absolute atomic E-state index is 0.201. The van der Waals surface area contributed by atoms with Gasteiger partial charge in [-0.15, -0.1) is 0 Å². The van der Waals surface area contributed by atoms with Crippen LogP contribution < -0.4 is 0 Å². The molecule has 2 aliphatic rings. The summed E-state index contributed by atoms with van der Waals surface area (Å²) in [5.74, 6) is 0.201. The zero-order valence-corrected chi connectivity index (χ0v) is 12.4. The fraction of sp³-hybridized carbons (Fsp3) is 0.412. The lowest BCUT2D eigenvalue weighted by molar-refractivity contribution is 0.497. The van der Waals surface area contributed by atoms with E-state index in [2.05, 4.69) is 24.3 Å². The zero-order chi connectivity index (χ0) is 13.9. The number of rotatable bonds is 1. The Balaban J connectivity index is 2.08. The predicted octanol–water partition coefficient (Wildman–Crippen LogP) is 3.23. The first-order valence-electron chi connectivity index (χ1n) is 7.28. The molecule has 2 nitrogen and oxygen atoms in total. The van der Waals surface area contributed by atoms with Crippen LogP contribution in [0.3, 0.4) is 0 Å². The van der Waals surface area contributed by atoms with E-state index in [0.29, 0.717) is 6.42 Å². The molecule has 0 aliphatic heterocycles. The van der Waals surface area contributed by atoms with Gasteiger partial charge in [0, 0.05) is 12.2 Å². The third kappa shape index (κ3) is 1.65. The fourth-order valence-corrected chi connectivity index (χ4v) is 5.53. The van der Waals surface area contributed by atoms with Crippen LogP contribution in [0.1, 0.15) is 35.4 Å². The van der Waals surface area contributed by atoms with Gasteiger partial charge in [-0.1, -0.05) is 30.3 Å². The monoisotopic (exact) mass is 286 g/mol. The summed E-state index contributed by atoms with van der Waals surface area (Å²) in [6, 6.07) is 10.7. The molecule has 0 amide bonds. The lowest BCUT2D eigenvalue weighted by Crippen LogP contribution is -2.35. The molecule has 0 aromatic heterocycles. The third-order valence-corrected chi connectivity index (χ3v) is 6.61. The van der Waals surface area contributed by atoms with Crippen LogP contribution in [0.15, 0.2) is 30.3 Å². The Morgan fingerprint density at radius 1 is 1.10 bits per heavy atom. The highest BCUT2D eigenvalue weighted by atomic mass is 32.2. The molecule has 0 N–H and O–H groups in total. The topological polar surface area (TPSA) is 34.1 Å². The zero-order valence-electron chi connectivity index (χ0n) is 11.6.